The summed E-state index contributed by atoms with van der Waals surface area (Å²) in [5.74, 6) is 0.854. The molecule has 1 heterocycles. The van der Waals surface area contributed by atoms with Crippen molar-refractivity contribution in [2.75, 3.05) is 19.3 Å². The normalized spacial score (nSPS) is 27.1. The summed E-state index contributed by atoms with van der Waals surface area (Å²) in [6, 6.07) is 0. The molecule has 1 saturated carbocycles. The fourth-order valence-corrected chi connectivity index (χ4v) is 4.49. The van der Waals surface area contributed by atoms with Crippen LogP contribution in [0.1, 0.15) is 57.8 Å². The van der Waals surface area contributed by atoms with E-state index in [1.54, 1.807) is 4.31 Å². The molecule has 1 unspecified atom stereocenters. The van der Waals surface area contributed by atoms with E-state index >= 15 is 0 Å². The van der Waals surface area contributed by atoms with Gasteiger partial charge in [0, 0.05) is 25.4 Å². The first-order valence-corrected chi connectivity index (χ1v) is 9.79. The van der Waals surface area contributed by atoms with Crippen LogP contribution < -0.4 is 0 Å². The first-order chi connectivity index (χ1) is 9.47. The van der Waals surface area contributed by atoms with Crippen molar-refractivity contribution >= 4 is 15.8 Å². The molecule has 2 aliphatic rings. The molecule has 5 heteroatoms. The van der Waals surface area contributed by atoms with E-state index in [1.165, 1.54) is 31.9 Å². The van der Waals surface area contributed by atoms with Crippen LogP contribution in [0.15, 0.2) is 0 Å². The molecule has 1 aliphatic heterocycles. The molecule has 2 rings (SSSR count). The van der Waals surface area contributed by atoms with E-state index in [1.807, 2.05) is 0 Å². The maximum Gasteiger partial charge on any atom is 0.211 e. The lowest BCUT2D eigenvalue weighted by molar-refractivity contribution is -0.124. The maximum atomic E-state index is 12.4. The number of carbonyl (C=O) groups excluding carboxylic acids is 1. The fourth-order valence-electron chi connectivity index (χ4n) is 3.55. The van der Waals surface area contributed by atoms with Crippen molar-refractivity contribution in [2.24, 2.45) is 11.8 Å². The predicted molar refractivity (Wildman–Crippen MR) is 80.0 cm³/mol. The Morgan fingerprint density at radius 1 is 1.05 bits per heavy atom. The second-order valence-electron chi connectivity index (χ2n) is 6.49. The third kappa shape index (κ3) is 4.55. The number of ketones is 1. The molecule has 1 aliphatic carbocycles. The van der Waals surface area contributed by atoms with Crippen LogP contribution in [-0.4, -0.2) is 37.9 Å². The Labute approximate surface area is 123 Å². The summed E-state index contributed by atoms with van der Waals surface area (Å²) in [5, 5.41) is 0. The van der Waals surface area contributed by atoms with E-state index < -0.39 is 10.0 Å². The van der Waals surface area contributed by atoms with Crippen molar-refractivity contribution in [1.82, 2.24) is 4.31 Å². The SMILES string of the molecule is CS(=O)(=O)N1CCCC(CC(=O)C2CCCCCC2)C1. The van der Waals surface area contributed by atoms with Crippen molar-refractivity contribution in [3.8, 4) is 0 Å². The van der Waals surface area contributed by atoms with Gasteiger partial charge >= 0.3 is 0 Å². The zero-order valence-electron chi connectivity index (χ0n) is 12.5. The van der Waals surface area contributed by atoms with E-state index in [0.717, 1.165) is 25.7 Å². The van der Waals surface area contributed by atoms with Crippen LogP contribution in [-0.2, 0) is 14.8 Å². The highest BCUT2D eigenvalue weighted by Crippen LogP contribution is 2.28. The molecule has 116 valence electrons. The van der Waals surface area contributed by atoms with Crippen LogP contribution in [0, 0.1) is 11.8 Å². The standard InChI is InChI=1S/C15H27NO3S/c1-20(18,19)16-10-6-7-13(12-16)11-15(17)14-8-4-2-3-5-9-14/h13-14H,2-12H2,1H3. The van der Waals surface area contributed by atoms with Crippen LogP contribution in [0.5, 0.6) is 0 Å². The number of carbonyl (C=O) groups is 1. The number of piperidine rings is 1. The number of nitrogens with zero attached hydrogens (tertiary/aromatic N) is 1. The number of hydrogen-bond acceptors (Lipinski definition) is 3. The third-order valence-electron chi connectivity index (χ3n) is 4.75. The van der Waals surface area contributed by atoms with E-state index in [4.69, 9.17) is 0 Å². The molecule has 0 radical (unpaired) electrons. The number of hydrogen-bond donors (Lipinski definition) is 0. The van der Waals surface area contributed by atoms with Crippen LogP contribution in [0.4, 0.5) is 0 Å². The molecule has 0 spiro atoms. The van der Waals surface area contributed by atoms with E-state index in [-0.39, 0.29) is 11.8 Å². The molecule has 0 amide bonds. The van der Waals surface area contributed by atoms with Crippen molar-refractivity contribution in [3.05, 3.63) is 0 Å². The van der Waals surface area contributed by atoms with Gasteiger partial charge < -0.3 is 0 Å². The van der Waals surface area contributed by atoms with Gasteiger partial charge in [-0.05, 0) is 31.6 Å². The largest absolute Gasteiger partial charge is 0.299 e. The lowest BCUT2D eigenvalue weighted by Crippen LogP contribution is -2.40. The van der Waals surface area contributed by atoms with Gasteiger partial charge in [0.15, 0.2) is 0 Å². The molecule has 4 nitrogen and oxygen atoms in total. The van der Waals surface area contributed by atoms with Gasteiger partial charge in [-0.25, -0.2) is 12.7 Å². The van der Waals surface area contributed by atoms with E-state index in [0.29, 0.717) is 25.3 Å². The Bertz CT molecular complexity index is 424. The van der Waals surface area contributed by atoms with Crippen LogP contribution in [0.3, 0.4) is 0 Å². The molecular formula is C15H27NO3S. The second kappa shape index (κ2) is 7.03. The first-order valence-electron chi connectivity index (χ1n) is 7.94. The Morgan fingerprint density at radius 3 is 2.30 bits per heavy atom. The summed E-state index contributed by atoms with van der Waals surface area (Å²) in [6.07, 6.45) is 10.7. The summed E-state index contributed by atoms with van der Waals surface area (Å²) in [4.78, 5) is 12.4. The number of rotatable bonds is 4. The number of sulfonamides is 1. The Balaban J connectivity index is 1.87. The van der Waals surface area contributed by atoms with Crippen LogP contribution in [0.2, 0.25) is 0 Å². The second-order valence-corrected chi connectivity index (χ2v) is 8.47. The highest BCUT2D eigenvalue weighted by Gasteiger charge is 2.29. The molecule has 2 fully saturated rings. The minimum Gasteiger partial charge on any atom is -0.299 e. The van der Waals surface area contributed by atoms with Crippen molar-refractivity contribution < 1.29 is 13.2 Å². The molecule has 1 saturated heterocycles. The monoisotopic (exact) mass is 301 g/mol. The molecule has 0 aromatic heterocycles. The highest BCUT2D eigenvalue weighted by molar-refractivity contribution is 7.88. The minimum absolute atomic E-state index is 0.231. The summed E-state index contributed by atoms with van der Waals surface area (Å²) < 4.78 is 24.8. The van der Waals surface area contributed by atoms with Gasteiger partial charge in [0.2, 0.25) is 10.0 Å². The maximum absolute atomic E-state index is 12.4. The summed E-state index contributed by atoms with van der Waals surface area (Å²) >= 11 is 0. The summed E-state index contributed by atoms with van der Waals surface area (Å²) in [6.45, 7) is 1.16. The van der Waals surface area contributed by atoms with Gasteiger partial charge in [0.25, 0.3) is 0 Å². The van der Waals surface area contributed by atoms with Gasteiger partial charge in [-0.1, -0.05) is 25.7 Å². The van der Waals surface area contributed by atoms with Gasteiger partial charge in [-0.3, -0.25) is 4.79 Å². The van der Waals surface area contributed by atoms with E-state index in [9.17, 15) is 13.2 Å². The quantitative estimate of drug-likeness (QED) is 0.750. The molecule has 20 heavy (non-hydrogen) atoms. The fraction of sp³-hybridized carbons (Fsp3) is 0.933. The lowest BCUT2D eigenvalue weighted by Gasteiger charge is -2.31. The molecule has 0 N–H and O–H groups in total. The Hall–Kier alpha value is -0.420. The average molecular weight is 301 g/mol. The topological polar surface area (TPSA) is 54.5 Å². The predicted octanol–water partition coefficient (Wildman–Crippen LogP) is 2.59. The van der Waals surface area contributed by atoms with Crippen molar-refractivity contribution in [1.29, 1.82) is 0 Å². The lowest BCUT2D eigenvalue weighted by atomic mass is 9.86. The molecule has 0 aromatic carbocycles. The molecular weight excluding hydrogens is 274 g/mol. The first kappa shape index (κ1) is 16.0. The molecule has 0 aromatic rings. The molecule has 1 atom stereocenters. The van der Waals surface area contributed by atoms with E-state index in [2.05, 4.69) is 0 Å². The summed E-state index contributed by atoms with van der Waals surface area (Å²) in [5.41, 5.74) is 0. The van der Waals surface area contributed by atoms with Gasteiger partial charge in [-0.15, -0.1) is 0 Å². The van der Waals surface area contributed by atoms with Gasteiger partial charge in [-0.2, -0.15) is 0 Å². The number of Topliss-reactive ketones (excluding diaryl/α,β-unsaturated/α-hetero) is 1. The highest BCUT2D eigenvalue weighted by atomic mass is 32.2. The van der Waals surface area contributed by atoms with Crippen molar-refractivity contribution in [3.63, 3.8) is 0 Å². The zero-order valence-corrected chi connectivity index (χ0v) is 13.3. The Kier molecular flexibility index (Phi) is 5.61. The summed E-state index contributed by atoms with van der Waals surface area (Å²) in [7, 11) is -3.10. The van der Waals surface area contributed by atoms with Crippen LogP contribution >= 0.6 is 0 Å². The third-order valence-corrected chi connectivity index (χ3v) is 6.02. The smallest absolute Gasteiger partial charge is 0.211 e. The van der Waals surface area contributed by atoms with Gasteiger partial charge in [0.05, 0.1) is 6.26 Å². The Morgan fingerprint density at radius 2 is 1.70 bits per heavy atom. The zero-order chi connectivity index (χ0) is 14.6. The van der Waals surface area contributed by atoms with Crippen molar-refractivity contribution in [2.45, 2.75) is 57.8 Å². The van der Waals surface area contributed by atoms with Crippen LogP contribution in [0.25, 0.3) is 0 Å². The average Bonchev–Trinajstić information content (AvgIpc) is 2.67. The minimum atomic E-state index is -3.10. The van der Waals surface area contributed by atoms with Gasteiger partial charge in [0.1, 0.15) is 5.78 Å². The molecule has 0 bridgehead atoms.